The SMILES string of the molecule is Cc1ccc2c(c1)CCCN2C(=O)c1ccc(F)c(S(=O)(=O)NC2CC2)c1. The molecule has 1 saturated carbocycles. The van der Waals surface area contributed by atoms with E-state index < -0.39 is 20.7 Å². The molecule has 1 heterocycles. The Balaban J connectivity index is 1.68. The summed E-state index contributed by atoms with van der Waals surface area (Å²) in [4.78, 5) is 14.2. The molecule has 2 aromatic rings. The molecule has 1 N–H and O–H groups in total. The molecule has 0 saturated heterocycles. The number of fused-ring (bicyclic) bond motifs is 1. The van der Waals surface area contributed by atoms with E-state index in [2.05, 4.69) is 10.8 Å². The van der Waals surface area contributed by atoms with E-state index in [1.807, 2.05) is 19.1 Å². The Bertz CT molecular complexity index is 1020. The number of nitrogens with zero attached hydrogens (tertiary/aromatic N) is 1. The highest BCUT2D eigenvalue weighted by molar-refractivity contribution is 7.89. The van der Waals surface area contributed by atoms with E-state index in [9.17, 15) is 17.6 Å². The molecular formula is C20H21FN2O3S. The number of halogens is 1. The zero-order chi connectivity index (χ0) is 19.2. The quantitative estimate of drug-likeness (QED) is 0.875. The number of hydrogen-bond donors (Lipinski definition) is 1. The van der Waals surface area contributed by atoms with Gasteiger partial charge in [-0.2, -0.15) is 0 Å². The van der Waals surface area contributed by atoms with Gasteiger partial charge in [0.2, 0.25) is 10.0 Å². The predicted molar refractivity (Wildman–Crippen MR) is 101 cm³/mol. The molecular weight excluding hydrogens is 367 g/mol. The molecule has 0 unspecified atom stereocenters. The Labute approximate surface area is 158 Å². The number of rotatable bonds is 4. The number of sulfonamides is 1. The maximum atomic E-state index is 14.2. The summed E-state index contributed by atoms with van der Waals surface area (Å²) in [6, 6.07) is 9.33. The molecule has 27 heavy (non-hydrogen) atoms. The molecule has 0 spiro atoms. The minimum Gasteiger partial charge on any atom is -0.308 e. The minimum absolute atomic E-state index is 0.133. The maximum Gasteiger partial charge on any atom is 0.258 e. The monoisotopic (exact) mass is 388 g/mol. The molecule has 0 atom stereocenters. The number of aryl methyl sites for hydroxylation is 2. The number of amides is 1. The number of hydrogen-bond acceptors (Lipinski definition) is 3. The molecule has 2 aliphatic rings. The highest BCUT2D eigenvalue weighted by Gasteiger charge is 2.31. The summed E-state index contributed by atoms with van der Waals surface area (Å²) in [6.07, 6.45) is 3.24. The van der Waals surface area contributed by atoms with Crippen molar-refractivity contribution < 1.29 is 17.6 Å². The zero-order valence-corrected chi connectivity index (χ0v) is 15.9. The van der Waals surface area contributed by atoms with Crippen LogP contribution in [0.3, 0.4) is 0 Å². The van der Waals surface area contributed by atoms with Crippen LogP contribution in [0.5, 0.6) is 0 Å². The van der Waals surface area contributed by atoms with Gasteiger partial charge in [-0.3, -0.25) is 4.79 Å². The van der Waals surface area contributed by atoms with Crippen molar-refractivity contribution in [3.05, 3.63) is 58.9 Å². The highest BCUT2D eigenvalue weighted by atomic mass is 32.2. The van der Waals surface area contributed by atoms with Crippen molar-refractivity contribution in [1.82, 2.24) is 4.72 Å². The van der Waals surface area contributed by atoms with Gasteiger partial charge in [0.05, 0.1) is 0 Å². The lowest BCUT2D eigenvalue weighted by molar-refractivity contribution is 0.0985. The molecule has 1 aliphatic heterocycles. The summed E-state index contributed by atoms with van der Waals surface area (Å²) in [5.41, 5.74) is 3.23. The van der Waals surface area contributed by atoms with Gasteiger partial charge < -0.3 is 4.90 Å². The van der Waals surface area contributed by atoms with Crippen molar-refractivity contribution >= 4 is 21.6 Å². The first-order chi connectivity index (χ1) is 12.8. The van der Waals surface area contributed by atoms with Crippen LogP contribution in [-0.2, 0) is 16.4 Å². The standard InChI is InChI=1S/C20H21FN2O3S/c1-13-4-9-18-14(11-13)3-2-10-23(18)20(24)15-5-8-17(21)19(12-15)27(25,26)22-16-6-7-16/h4-5,8-9,11-12,16,22H,2-3,6-7,10H2,1H3. The number of carbonyl (C=O) groups is 1. The minimum atomic E-state index is -3.98. The van der Waals surface area contributed by atoms with Gasteiger partial charge in [-0.1, -0.05) is 17.7 Å². The topological polar surface area (TPSA) is 66.5 Å². The molecule has 7 heteroatoms. The van der Waals surface area contributed by atoms with E-state index >= 15 is 0 Å². The normalized spacial score (nSPS) is 16.9. The molecule has 0 radical (unpaired) electrons. The Hall–Kier alpha value is -2.25. The van der Waals surface area contributed by atoms with Gasteiger partial charge in [-0.15, -0.1) is 0 Å². The van der Waals surface area contributed by atoms with E-state index in [0.29, 0.717) is 6.54 Å². The Kier molecular flexibility index (Phi) is 4.52. The average molecular weight is 388 g/mol. The average Bonchev–Trinajstić information content (AvgIpc) is 3.44. The van der Waals surface area contributed by atoms with Crippen LogP contribution in [0.1, 0.15) is 40.7 Å². The highest BCUT2D eigenvalue weighted by Crippen LogP contribution is 2.30. The van der Waals surface area contributed by atoms with E-state index in [4.69, 9.17) is 0 Å². The van der Waals surface area contributed by atoms with Crippen LogP contribution >= 0.6 is 0 Å². The largest absolute Gasteiger partial charge is 0.308 e. The number of nitrogens with one attached hydrogen (secondary N) is 1. The summed E-state index contributed by atoms with van der Waals surface area (Å²) in [5.74, 6) is -1.17. The van der Waals surface area contributed by atoms with Gasteiger partial charge in [0.15, 0.2) is 0 Å². The maximum absolute atomic E-state index is 14.2. The summed E-state index contributed by atoms with van der Waals surface area (Å²) < 4.78 is 41.5. The molecule has 0 bridgehead atoms. The molecule has 2 aromatic carbocycles. The predicted octanol–water partition coefficient (Wildman–Crippen LogP) is 3.17. The summed E-state index contributed by atoms with van der Waals surface area (Å²) in [6.45, 7) is 2.56. The molecule has 1 fully saturated rings. The van der Waals surface area contributed by atoms with Crippen LogP contribution in [0, 0.1) is 12.7 Å². The lowest BCUT2D eigenvalue weighted by atomic mass is 9.99. The summed E-state index contributed by atoms with van der Waals surface area (Å²) >= 11 is 0. The lowest BCUT2D eigenvalue weighted by Crippen LogP contribution is -2.35. The van der Waals surface area contributed by atoms with Crippen molar-refractivity contribution in [2.24, 2.45) is 0 Å². The van der Waals surface area contributed by atoms with E-state index in [-0.39, 0.29) is 17.5 Å². The van der Waals surface area contributed by atoms with Gasteiger partial charge in [0.1, 0.15) is 10.7 Å². The van der Waals surface area contributed by atoms with Gasteiger partial charge in [-0.05, 0) is 62.4 Å². The van der Waals surface area contributed by atoms with Crippen LogP contribution in [-0.4, -0.2) is 26.9 Å². The number of benzene rings is 2. The Morgan fingerprint density at radius 1 is 1.19 bits per heavy atom. The summed E-state index contributed by atoms with van der Waals surface area (Å²) in [5, 5.41) is 0. The van der Waals surface area contributed by atoms with Gasteiger partial charge in [-0.25, -0.2) is 17.5 Å². The first-order valence-corrected chi connectivity index (χ1v) is 10.6. The number of carbonyl (C=O) groups excluding carboxylic acids is 1. The van der Waals surface area contributed by atoms with Crippen molar-refractivity contribution in [3.8, 4) is 0 Å². The third kappa shape index (κ3) is 3.61. The van der Waals surface area contributed by atoms with Crippen molar-refractivity contribution in [2.75, 3.05) is 11.4 Å². The fraction of sp³-hybridized carbons (Fsp3) is 0.350. The smallest absolute Gasteiger partial charge is 0.258 e. The Morgan fingerprint density at radius 3 is 2.70 bits per heavy atom. The third-order valence-corrected chi connectivity index (χ3v) is 6.50. The second-order valence-corrected chi connectivity index (χ2v) is 8.92. The molecule has 4 rings (SSSR count). The van der Waals surface area contributed by atoms with Crippen molar-refractivity contribution in [3.63, 3.8) is 0 Å². The second kappa shape index (κ2) is 6.73. The van der Waals surface area contributed by atoms with Crippen LogP contribution in [0.25, 0.3) is 0 Å². The molecule has 1 aliphatic carbocycles. The zero-order valence-electron chi connectivity index (χ0n) is 15.0. The second-order valence-electron chi connectivity index (χ2n) is 7.23. The van der Waals surface area contributed by atoms with Crippen molar-refractivity contribution in [2.45, 2.75) is 43.5 Å². The van der Waals surface area contributed by atoms with Crippen LogP contribution < -0.4 is 9.62 Å². The van der Waals surface area contributed by atoms with E-state index in [1.54, 1.807) is 4.90 Å². The third-order valence-electron chi connectivity index (χ3n) is 4.97. The summed E-state index contributed by atoms with van der Waals surface area (Å²) in [7, 11) is -3.98. The number of anilines is 1. The van der Waals surface area contributed by atoms with Gasteiger partial charge in [0, 0.05) is 23.8 Å². The molecule has 1 amide bonds. The molecule has 0 aromatic heterocycles. The molecule has 5 nitrogen and oxygen atoms in total. The lowest BCUT2D eigenvalue weighted by Gasteiger charge is -2.30. The van der Waals surface area contributed by atoms with Gasteiger partial charge in [0.25, 0.3) is 5.91 Å². The fourth-order valence-electron chi connectivity index (χ4n) is 3.42. The van der Waals surface area contributed by atoms with Crippen LogP contribution in [0.4, 0.5) is 10.1 Å². The van der Waals surface area contributed by atoms with E-state index in [0.717, 1.165) is 54.6 Å². The fourth-order valence-corrected chi connectivity index (χ4v) is 4.83. The first kappa shape index (κ1) is 18.1. The van der Waals surface area contributed by atoms with Crippen molar-refractivity contribution in [1.29, 1.82) is 0 Å². The Morgan fingerprint density at radius 2 is 1.96 bits per heavy atom. The first-order valence-electron chi connectivity index (χ1n) is 9.08. The van der Waals surface area contributed by atoms with Crippen LogP contribution in [0.15, 0.2) is 41.3 Å². The molecule has 142 valence electrons. The van der Waals surface area contributed by atoms with Gasteiger partial charge >= 0.3 is 0 Å². The van der Waals surface area contributed by atoms with Crippen LogP contribution in [0.2, 0.25) is 0 Å². The van der Waals surface area contributed by atoms with E-state index in [1.165, 1.54) is 6.07 Å².